The van der Waals surface area contributed by atoms with E-state index in [0.717, 1.165) is 32.1 Å². The number of hydrogen-bond donors (Lipinski definition) is 1. The monoisotopic (exact) mass is 351 g/mol. The predicted octanol–water partition coefficient (Wildman–Crippen LogP) is 3.86. The van der Waals surface area contributed by atoms with Crippen LogP contribution in [0.3, 0.4) is 0 Å². The van der Waals surface area contributed by atoms with E-state index in [2.05, 4.69) is 76.9 Å². The third-order valence-electron chi connectivity index (χ3n) is 4.93. The van der Waals surface area contributed by atoms with E-state index in [1.165, 1.54) is 17.5 Å². The summed E-state index contributed by atoms with van der Waals surface area (Å²) in [5, 5.41) is 3.55. The molecular formula is C22H29N3O. The van der Waals surface area contributed by atoms with E-state index in [0.29, 0.717) is 5.92 Å². The molecule has 0 spiro atoms. The van der Waals surface area contributed by atoms with Gasteiger partial charge in [0, 0.05) is 39.7 Å². The Morgan fingerprint density at radius 3 is 2.50 bits per heavy atom. The smallest absolute Gasteiger partial charge is 0.193 e. The lowest BCUT2D eigenvalue weighted by Gasteiger charge is -2.33. The minimum atomic E-state index is 0.162. The van der Waals surface area contributed by atoms with Gasteiger partial charge in [-0.1, -0.05) is 60.7 Å². The second kappa shape index (κ2) is 9.39. The molecule has 1 heterocycles. The Bertz CT molecular complexity index is 687. The molecule has 2 unspecified atom stereocenters. The van der Waals surface area contributed by atoms with Crippen molar-refractivity contribution in [3.63, 3.8) is 0 Å². The van der Waals surface area contributed by atoms with Crippen molar-refractivity contribution in [1.82, 2.24) is 10.2 Å². The highest BCUT2D eigenvalue weighted by Gasteiger charge is 2.27. The number of rotatable bonds is 5. The molecule has 0 aromatic heterocycles. The van der Waals surface area contributed by atoms with Gasteiger partial charge in [-0.3, -0.25) is 4.99 Å². The van der Waals surface area contributed by atoms with Gasteiger partial charge in [0.15, 0.2) is 5.96 Å². The molecule has 4 nitrogen and oxygen atoms in total. The Morgan fingerprint density at radius 2 is 1.81 bits per heavy atom. The van der Waals surface area contributed by atoms with Crippen molar-refractivity contribution >= 4 is 5.96 Å². The van der Waals surface area contributed by atoms with Crippen LogP contribution in [0.2, 0.25) is 0 Å². The van der Waals surface area contributed by atoms with Gasteiger partial charge in [0.2, 0.25) is 0 Å². The third-order valence-corrected chi connectivity index (χ3v) is 4.93. The number of guanidine groups is 1. The zero-order chi connectivity index (χ0) is 18.2. The molecule has 3 rings (SSSR count). The number of benzene rings is 2. The highest BCUT2D eigenvalue weighted by Crippen LogP contribution is 2.33. The summed E-state index contributed by atoms with van der Waals surface area (Å²) in [5.41, 5.74) is 2.55. The van der Waals surface area contributed by atoms with Crippen molar-refractivity contribution in [2.75, 3.05) is 27.2 Å². The maximum atomic E-state index is 6.11. The number of aliphatic imine (C=N–C) groups is 1. The lowest BCUT2D eigenvalue weighted by molar-refractivity contribution is -0.0266. The average Bonchev–Trinajstić information content (AvgIpc) is 2.70. The van der Waals surface area contributed by atoms with Crippen LogP contribution < -0.4 is 5.32 Å². The molecule has 0 aliphatic carbocycles. The fourth-order valence-corrected chi connectivity index (χ4v) is 3.60. The van der Waals surface area contributed by atoms with E-state index in [1.54, 1.807) is 0 Å². The second-order valence-electron chi connectivity index (χ2n) is 6.87. The Morgan fingerprint density at radius 1 is 1.12 bits per heavy atom. The van der Waals surface area contributed by atoms with Gasteiger partial charge in [-0.2, -0.15) is 0 Å². The molecule has 2 atom stereocenters. The van der Waals surface area contributed by atoms with Gasteiger partial charge in [0.25, 0.3) is 0 Å². The number of ether oxygens (including phenoxy) is 1. The molecule has 1 aliphatic rings. The van der Waals surface area contributed by atoms with Gasteiger partial charge >= 0.3 is 0 Å². The highest BCUT2D eigenvalue weighted by atomic mass is 16.5. The number of hydrogen-bond acceptors (Lipinski definition) is 2. The first-order valence-electron chi connectivity index (χ1n) is 9.40. The van der Waals surface area contributed by atoms with Crippen molar-refractivity contribution < 1.29 is 4.74 Å². The van der Waals surface area contributed by atoms with Crippen molar-refractivity contribution in [2.45, 2.75) is 25.5 Å². The van der Waals surface area contributed by atoms with Crippen LogP contribution in [-0.2, 0) is 11.3 Å². The largest absolute Gasteiger partial charge is 0.373 e. The highest BCUT2D eigenvalue weighted by molar-refractivity contribution is 5.79. The first-order valence-corrected chi connectivity index (χ1v) is 9.40. The van der Waals surface area contributed by atoms with Crippen LogP contribution in [0.15, 0.2) is 65.7 Å². The molecule has 1 saturated heterocycles. The van der Waals surface area contributed by atoms with E-state index in [4.69, 9.17) is 4.74 Å². The van der Waals surface area contributed by atoms with E-state index < -0.39 is 0 Å². The van der Waals surface area contributed by atoms with Gasteiger partial charge < -0.3 is 15.0 Å². The summed E-state index contributed by atoms with van der Waals surface area (Å²) in [4.78, 5) is 6.62. The first-order chi connectivity index (χ1) is 12.8. The minimum Gasteiger partial charge on any atom is -0.373 e. The molecule has 26 heavy (non-hydrogen) atoms. The van der Waals surface area contributed by atoms with Crippen LogP contribution in [0.25, 0.3) is 0 Å². The minimum absolute atomic E-state index is 0.162. The van der Waals surface area contributed by atoms with Gasteiger partial charge in [-0.05, 0) is 24.0 Å². The molecule has 0 radical (unpaired) electrons. The summed E-state index contributed by atoms with van der Waals surface area (Å²) in [7, 11) is 3.92. The van der Waals surface area contributed by atoms with E-state index in [9.17, 15) is 0 Å². The molecule has 1 fully saturated rings. The lowest BCUT2D eigenvalue weighted by Crippen LogP contribution is -2.42. The van der Waals surface area contributed by atoms with Crippen molar-refractivity contribution in [2.24, 2.45) is 10.9 Å². The molecule has 0 bridgehead atoms. The van der Waals surface area contributed by atoms with Crippen molar-refractivity contribution in [1.29, 1.82) is 0 Å². The Kier molecular flexibility index (Phi) is 6.67. The van der Waals surface area contributed by atoms with Crippen LogP contribution >= 0.6 is 0 Å². The molecule has 2 aromatic carbocycles. The topological polar surface area (TPSA) is 36.9 Å². The zero-order valence-corrected chi connectivity index (χ0v) is 15.8. The lowest BCUT2D eigenvalue weighted by atomic mass is 9.89. The summed E-state index contributed by atoms with van der Waals surface area (Å²) < 4.78 is 6.11. The molecule has 1 N–H and O–H groups in total. The second-order valence-corrected chi connectivity index (χ2v) is 6.87. The standard InChI is InChI=1S/C22H29N3O/c1-23-22(25(2)17-18-10-5-3-6-11-18)24-16-20-14-9-15-26-21(20)19-12-7-4-8-13-19/h3-8,10-13,20-21H,9,14-17H2,1-2H3,(H,23,24). The summed E-state index contributed by atoms with van der Waals surface area (Å²) in [6.07, 6.45) is 2.45. The molecule has 138 valence electrons. The van der Waals surface area contributed by atoms with Crippen molar-refractivity contribution in [3.8, 4) is 0 Å². The summed E-state index contributed by atoms with van der Waals surface area (Å²) in [5.74, 6) is 1.37. The van der Waals surface area contributed by atoms with Crippen LogP contribution in [0.1, 0.15) is 30.1 Å². The number of nitrogens with zero attached hydrogens (tertiary/aromatic N) is 2. The SMILES string of the molecule is CN=C(NCC1CCCOC1c1ccccc1)N(C)Cc1ccccc1. The van der Waals surface area contributed by atoms with Crippen LogP contribution in [0.5, 0.6) is 0 Å². The number of nitrogens with one attached hydrogen (secondary N) is 1. The van der Waals surface area contributed by atoms with Gasteiger partial charge in [-0.15, -0.1) is 0 Å². The Hall–Kier alpha value is -2.33. The summed E-state index contributed by atoms with van der Waals surface area (Å²) in [6.45, 7) is 2.55. The summed E-state index contributed by atoms with van der Waals surface area (Å²) in [6, 6.07) is 21.0. The van der Waals surface area contributed by atoms with Gasteiger partial charge in [0.1, 0.15) is 0 Å². The third kappa shape index (κ3) is 4.85. The maximum Gasteiger partial charge on any atom is 0.193 e. The fraction of sp³-hybridized carbons (Fsp3) is 0.409. The Balaban J connectivity index is 1.60. The van der Waals surface area contributed by atoms with E-state index >= 15 is 0 Å². The molecule has 0 amide bonds. The molecule has 1 aliphatic heterocycles. The average molecular weight is 351 g/mol. The maximum absolute atomic E-state index is 6.11. The normalized spacial score (nSPS) is 20.6. The Labute approximate surface area is 156 Å². The molecule has 4 heteroatoms. The zero-order valence-electron chi connectivity index (χ0n) is 15.8. The fourth-order valence-electron chi connectivity index (χ4n) is 3.60. The van der Waals surface area contributed by atoms with Crippen LogP contribution in [-0.4, -0.2) is 38.1 Å². The molecule has 0 saturated carbocycles. The van der Waals surface area contributed by atoms with E-state index in [1.807, 2.05) is 13.1 Å². The van der Waals surface area contributed by atoms with Gasteiger partial charge in [0.05, 0.1) is 6.10 Å². The summed E-state index contributed by atoms with van der Waals surface area (Å²) >= 11 is 0. The van der Waals surface area contributed by atoms with Crippen LogP contribution in [0.4, 0.5) is 0 Å². The van der Waals surface area contributed by atoms with Crippen LogP contribution in [0, 0.1) is 5.92 Å². The molecule has 2 aromatic rings. The van der Waals surface area contributed by atoms with E-state index in [-0.39, 0.29) is 6.10 Å². The van der Waals surface area contributed by atoms with Gasteiger partial charge in [-0.25, -0.2) is 0 Å². The van der Waals surface area contributed by atoms with Crippen molar-refractivity contribution in [3.05, 3.63) is 71.8 Å². The quantitative estimate of drug-likeness (QED) is 0.656. The predicted molar refractivity (Wildman–Crippen MR) is 107 cm³/mol. The first kappa shape index (κ1) is 18.5. The molecular weight excluding hydrogens is 322 g/mol.